The molecule has 1 N–H and O–H groups in total. The SMILES string of the molecule is CC(O)c1cccn1CC(F)F. The third kappa shape index (κ3) is 2.04. The minimum atomic E-state index is -2.38. The van der Waals surface area contributed by atoms with Crippen LogP contribution in [0.25, 0.3) is 0 Å². The van der Waals surface area contributed by atoms with Crippen LogP contribution in [0.1, 0.15) is 18.7 Å². The first-order valence-corrected chi connectivity index (χ1v) is 3.72. The summed E-state index contributed by atoms with van der Waals surface area (Å²) in [5.41, 5.74) is 0.523. The predicted octanol–water partition coefficient (Wildman–Crippen LogP) is 1.81. The Morgan fingerprint density at radius 1 is 1.58 bits per heavy atom. The Hall–Kier alpha value is -0.900. The van der Waals surface area contributed by atoms with E-state index in [4.69, 9.17) is 5.11 Å². The van der Waals surface area contributed by atoms with E-state index in [0.717, 1.165) is 0 Å². The van der Waals surface area contributed by atoms with Gasteiger partial charge in [-0.2, -0.15) is 0 Å². The molecule has 1 atom stereocenters. The quantitative estimate of drug-likeness (QED) is 0.744. The van der Waals surface area contributed by atoms with Crippen LogP contribution < -0.4 is 0 Å². The lowest BCUT2D eigenvalue weighted by Gasteiger charge is -2.09. The summed E-state index contributed by atoms with van der Waals surface area (Å²) in [6.07, 6.45) is -1.54. The first kappa shape index (κ1) is 9.19. The van der Waals surface area contributed by atoms with Crippen LogP contribution in [0.5, 0.6) is 0 Å². The lowest BCUT2D eigenvalue weighted by Crippen LogP contribution is -2.10. The molecule has 0 aliphatic heterocycles. The molecule has 1 unspecified atom stereocenters. The molecule has 0 aliphatic carbocycles. The maximum Gasteiger partial charge on any atom is 0.256 e. The highest BCUT2D eigenvalue weighted by molar-refractivity contribution is 5.09. The second-order valence-corrected chi connectivity index (χ2v) is 2.65. The van der Waals surface area contributed by atoms with Crippen LogP contribution in [-0.4, -0.2) is 16.1 Å². The van der Waals surface area contributed by atoms with Gasteiger partial charge in [-0.15, -0.1) is 0 Å². The van der Waals surface area contributed by atoms with Crippen LogP contribution in [0.2, 0.25) is 0 Å². The highest BCUT2D eigenvalue weighted by atomic mass is 19.3. The minimum Gasteiger partial charge on any atom is -0.387 e. The molecule has 0 aliphatic rings. The van der Waals surface area contributed by atoms with Crippen LogP contribution in [0.3, 0.4) is 0 Å². The van der Waals surface area contributed by atoms with Gasteiger partial charge in [-0.05, 0) is 19.1 Å². The smallest absolute Gasteiger partial charge is 0.256 e. The highest BCUT2D eigenvalue weighted by Crippen LogP contribution is 2.13. The van der Waals surface area contributed by atoms with E-state index in [1.54, 1.807) is 19.1 Å². The first-order chi connectivity index (χ1) is 5.61. The maximum atomic E-state index is 11.9. The third-order valence-corrected chi connectivity index (χ3v) is 1.63. The second kappa shape index (κ2) is 3.67. The molecule has 0 radical (unpaired) electrons. The number of hydrogen-bond donors (Lipinski definition) is 1. The summed E-state index contributed by atoms with van der Waals surface area (Å²) in [7, 11) is 0. The number of halogens is 2. The molecule has 0 amide bonds. The normalized spacial score (nSPS) is 13.8. The summed E-state index contributed by atoms with van der Waals surface area (Å²) in [4.78, 5) is 0. The lowest BCUT2D eigenvalue weighted by molar-refractivity contribution is 0.119. The Bertz CT molecular complexity index is 245. The van der Waals surface area contributed by atoms with Gasteiger partial charge in [0.15, 0.2) is 0 Å². The summed E-state index contributed by atoms with van der Waals surface area (Å²) >= 11 is 0. The van der Waals surface area contributed by atoms with E-state index in [0.29, 0.717) is 5.69 Å². The summed E-state index contributed by atoms with van der Waals surface area (Å²) in [5.74, 6) is 0. The molecule has 68 valence electrons. The van der Waals surface area contributed by atoms with Crippen molar-refractivity contribution in [2.24, 2.45) is 0 Å². The van der Waals surface area contributed by atoms with Gasteiger partial charge in [0.1, 0.15) is 0 Å². The molecule has 12 heavy (non-hydrogen) atoms. The van der Waals surface area contributed by atoms with Crippen molar-refractivity contribution in [2.45, 2.75) is 26.0 Å². The van der Waals surface area contributed by atoms with Crippen LogP contribution in [0.15, 0.2) is 18.3 Å². The van der Waals surface area contributed by atoms with E-state index in [1.807, 2.05) is 0 Å². The van der Waals surface area contributed by atoms with Gasteiger partial charge >= 0.3 is 0 Å². The Labute approximate surface area is 69.4 Å². The number of alkyl halides is 2. The molecule has 1 rings (SSSR count). The van der Waals surface area contributed by atoms with E-state index in [-0.39, 0.29) is 6.54 Å². The van der Waals surface area contributed by atoms with Gasteiger partial charge in [0.25, 0.3) is 6.43 Å². The molecule has 4 heteroatoms. The highest BCUT2D eigenvalue weighted by Gasteiger charge is 2.10. The summed E-state index contributed by atoms with van der Waals surface area (Å²) < 4.78 is 25.2. The Kier molecular flexibility index (Phi) is 2.81. The zero-order chi connectivity index (χ0) is 9.14. The van der Waals surface area contributed by atoms with Gasteiger partial charge in [-0.1, -0.05) is 0 Å². The summed E-state index contributed by atoms with van der Waals surface area (Å²) in [6, 6.07) is 3.28. The van der Waals surface area contributed by atoms with E-state index >= 15 is 0 Å². The van der Waals surface area contributed by atoms with Gasteiger partial charge in [-0.3, -0.25) is 0 Å². The van der Waals surface area contributed by atoms with Crippen molar-refractivity contribution >= 4 is 0 Å². The van der Waals surface area contributed by atoms with Crippen LogP contribution in [0.4, 0.5) is 8.78 Å². The van der Waals surface area contributed by atoms with Gasteiger partial charge in [0.2, 0.25) is 0 Å². The Morgan fingerprint density at radius 2 is 2.25 bits per heavy atom. The molecule has 1 aromatic rings. The number of aliphatic hydroxyl groups excluding tert-OH is 1. The lowest BCUT2D eigenvalue weighted by atomic mass is 10.3. The Morgan fingerprint density at radius 3 is 2.75 bits per heavy atom. The number of aromatic nitrogens is 1. The zero-order valence-electron chi connectivity index (χ0n) is 6.74. The molecule has 0 aromatic carbocycles. The molecular weight excluding hydrogens is 164 g/mol. The average molecular weight is 175 g/mol. The van der Waals surface area contributed by atoms with E-state index in [2.05, 4.69) is 0 Å². The van der Waals surface area contributed by atoms with Gasteiger partial charge < -0.3 is 9.67 Å². The minimum absolute atomic E-state index is 0.354. The molecule has 0 saturated heterocycles. The molecule has 2 nitrogen and oxygen atoms in total. The second-order valence-electron chi connectivity index (χ2n) is 2.65. The first-order valence-electron chi connectivity index (χ1n) is 3.72. The van der Waals surface area contributed by atoms with Gasteiger partial charge in [0, 0.05) is 11.9 Å². The molecular formula is C8H11F2NO. The van der Waals surface area contributed by atoms with Crippen molar-refractivity contribution in [1.29, 1.82) is 0 Å². The van der Waals surface area contributed by atoms with Crippen molar-refractivity contribution in [3.8, 4) is 0 Å². The van der Waals surface area contributed by atoms with Crippen LogP contribution in [0, 0.1) is 0 Å². The van der Waals surface area contributed by atoms with E-state index in [1.165, 1.54) is 10.8 Å². The fourth-order valence-electron chi connectivity index (χ4n) is 1.12. The average Bonchev–Trinajstić information content (AvgIpc) is 2.33. The Balaban J connectivity index is 2.77. The van der Waals surface area contributed by atoms with Crippen molar-refractivity contribution in [2.75, 3.05) is 0 Å². The number of hydrogen-bond acceptors (Lipinski definition) is 1. The van der Waals surface area contributed by atoms with Crippen molar-refractivity contribution in [3.05, 3.63) is 24.0 Å². The fraction of sp³-hybridized carbons (Fsp3) is 0.500. The number of aliphatic hydroxyl groups is 1. The monoisotopic (exact) mass is 175 g/mol. The topological polar surface area (TPSA) is 25.2 Å². The van der Waals surface area contributed by atoms with Crippen molar-refractivity contribution < 1.29 is 13.9 Å². The molecule has 1 heterocycles. The van der Waals surface area contributed by atoms with Crippen LogP contribution in [-0.2, 0) is 6.54 Å². The molecule has 0 spiro atoms. The third-order valence-electron chi connectivity index (χ3n) is 1.63. The standard InChI is InChI=1S/C8H11F2NO/c1-6(12)7-3-2-4-11(7)5-8(9)10/h2-4,6,8,12H,5H2,1H3. The number of nitrogens with zero attached hydrogens (tertiary/aromatic N) is 1. The van der Waals surface area contributed by atoms with Gasteiger partial charge in [-0.25, -0.2) is 8.78 Å². The van der Waals surface area contributed by atoms with Crippen molar-refractivity contribution in [1.82, 2.24) is 4.57 Å². The molecule has 0 bridgehead atoms. The largest absolute Gasteiger partial charge is 0.387 e. The van der Waals surface area contributed by atoms with Crippen LogP contribution >= 0.6 is 0 Å². The number of rotatable bonds is 3. The van der Waals surface area contributed by atoms with Gasteiger partial charge in [0.05, 0.1) is 12.6 Å². The van der Waals surface area contributed by atoms with E-state index < -0.39 is 12.5 Å². The molecule has 0 saturated carbocycles. The fourth-order valence-corrected chi connectivity index (χ4v) is 1.12. The summed E-state index contributed by atoms with van der Waals surface area (Å²) in [6.45, 7) is 1.20. The van der Waals surface area contributed by atoms with E-state index in [9.17, 15) is 8.78 Å². The zero-order valence-corrected chi connectivity index (χ0v) is 6.74. The summed E-state index contributed by atoms with van der Waals surface area (Å²) in [5, 5.41) is 9.14. The molecule has 1 aromatic heterocycles. The predicted molar refractivity (Wildman–Crippen MR) is 41.1 cm³/mol. The maximum absolute atomic E-state index is 11.9. The van der Waals surface area contributed by atoms with Crippen molar-refractivity contribution in [3.63, 3.8) is 0 Å². The molecule has 0 fully saturated rings.